The van der Waals surface area contributed by atoms with Gasteiger partial charge in [0, 0.05) is 35.5 Å². The van der Waals surface area contributed by atoms with Crippen LogP contribution < -0.4 is 10.5 Å². The number of halogens is 1. The lowest BCUT2D eigenvalue weighted by Crippen LogP contribution is -2.39. The van der Waals surface area contributed by atoms with Crippen LogP contribution in [-0.2, 0) is 15.0 Å². The molecular weight excluding hydrogens is 421 g/mol. The zero-order valence-electron chi connectivity index (χ0n) is 17.9. The van der Waals surface area contributed by atoms with E-state index in [1.54, 1.807) is 6.20 Å². The number of nitrogens with two attached hydrogens (primary N) is 1. The van der Waals surface area contributed by atoms with Crippen LogP contribution in [0.4, 0.5) is 4.39 Å². The van der Waals surface area contributed by atoms with E-state index >= 15 is 4.39 Å². The van der Waals surface area contributed by atoms with Gasteiger partial charge >= 0.3 is 0 Å². The van der Waals surface area contributed by atoms with E-state index in [1.165, 1.54) is 6.07 Å². The fraction of sp³-hybridized carbons (Fsp3) is 0.231. The molecule has 33 heavy (non-hydrogen) atoms. The molecule has 0 radical (unpaired) electrons. The Morgan fingerprint density at radius 3 is 2.70 bits per heavy atom. The van der Waals surface area contributed by atoms with Crippen LogP contribution in [0.2, 0.25) is 0 Å². The molecule has 0 aliphatic carbocycles. The zero-order chi connectivity index (χ0) is 22.4. The molecular formula is C26H22FN3O3. The highest BCUT2D eigenvalue weighted by Gasteiger charge is 2.46. The Hall–Kier alpha value is -3.71. The minimum atomic E-state index is -0.911. The lowest BCUT2D eigenvalue weighted by atomic mass is 9.76. The van der Waals surface area contributed by atoms with Gasteiger partial charge in [0.25, 0.3) is 6.02 Å². The van der Waals surface area contributed by atoms with Gasteiger partial charge < -0.3 is 19.9 Å². The van der Waals surface area contributed by atoms with Gasteiger partial charge in [-0.25, -0.2) is 9.38 Å². The zero-order valence-corrected chi connectivity index (χ0v) is 17.9. The molecule has 2 aromatic carbocycles. The predicted molar refractivity (Wildman–Crippen MR) is 123 cm³/mol. The number of aliphatic imine (C=N–C) groups is 1. The number of nitrogens with zero attached hydrogens (tertiary/aromatic N) is 2. The smallest absolute Gasteiger partial charge is 0.283 e. The molecule has 0 amide bonds. The van der Waals surface area contributed by atoms with Crippen LogP contribution in [0.25, 0.3) is 16.7 Å². The first-order chi connectivity index (χ1) is 16.1. The fourth-order valence-electron chi connectivity index (χ4n) is 4.86. The Balaban J connectivity index is 1.58. The molecule has 7 heteroatoms. The van der Waals surface area contributed by atoms with Crippen LogP contribution in [-0.4, -0.2) is 30.8 Å². The summed E-state index contributed by atoms with van der Waals surface area (Å²) in [7, 11) is 0. The quantitative estimate of drug-likeness (QED) is 0.617. The third kappa shape index (κ3) is 3.27. The molecule has 0 fully saturated rings. The number of ether oxygens (including phenoxy) is 3. The van der Waals surface area contributed by atoms with Crippen LogP contribution >= 0.6 is 0 Å². The van der Waals surface area contributed by atoms with Gasteiger partial charge in [-0.15, -0.1) is 0 Å². The first-order valence-electron chi connectivity index (χ1n) is 11.0. The summed E-state index contributed by atoms with van der Waals surface area (Å²) in [6.45, 7) is 1.50. The number of benzene rings is 2. The van der Waals surface area contributed by atoms with Gasteiger partial charge in [0.2, 0.25) is 0 Å². The lowest BCUT2D eigenvalue weighted by Gasteiger charge is -2.40. The summed E-state index contributed by atoms with van der Waals surface area (Å²) in [4.78, 5) is 9.02. The number of fused-ring (bicyclic) bond motifs is 4. The summed E-state index contributed by atoms with van der Waals surface area (Å²) in [6, 6.07) is 13.3. The molecule has 6 nitrogen and oxygen atoms in total. The molecule has 1 spiro atoms. The molecule has 0 unspecified atom stereocenters. The second kappa shape index (κ2) is 7.71. The van der Waals surface area contributed by atoms with E-state index in [0.717, 1.165) is 34.2 Å². The summed E-state index contributed by atoms with van der Waals surface area (Å²) < 4.78 is 32.5. The summed E-state index contributed by atoms with van der Waals surface area (Å²) in [5, 5.41) is 0. The van der Waals surface area contributed by atoms with Crippen LogP contribution in [0.15, 0.2) is 65.9 Å². The molecule has 0 saturated heterocycles. The van der Waals surface area contributed by atoms with Gasteiger partial charge in [0.15, 0.2) is 11.6 Å². The van der Waals surface area contributed by atoms with Gasteiger partial charge in [-0.05, 0) is 53.5 Å². The number of pyridine rings is 1. The molecule has 1 atom stereocenters. The van der Waals surface area contributed by atoms with Crippen molar-refractivity contribution in [1.82, 2.24) is 4.98 Å². The molecule has 3 aliphatic rings. The van der Waals surface area contributed by atoms with Crippen molar-refractivity contribution >= 4 is 11.6 Å². The topological polar surface area (TPSA) is 79.0 Å². The summed E-state index contributed by atoms with van der Waals surface area (Å²) >= 11 is 0. The first-order valence-corrected chi connectivity index (χ1v) is 11.0. The van der Waals surface area contributed by atoms with E-state index in [2.05, 4.69) is 4.98 Å². The highest BCUT2D eigenvalue weighted by atomic mass is 19.1. The van der Waals surface area contributed by atoms with Gasteiger partial charge in [0.05, 0.1) is 19.8 Å². The Morgan fingerprint density at radius 1 is 1.00 bits per heavy atom. The molecule has 6 rings (SSSR count). The van der Waals surface area contributed by atoms with Gasteiger partial charge in [-0.1, -0.05) is 18.2 Å². The van der Waals surface area contributed by atoms with Crippen molar-refractivity contribution in [3.05, 3.63) is 83.4 Å². The first kappa shape index (κ1) is 19.9. The summed E-state index contributed by atoms with van der Waals surface area (Å²) in [5.74, 6) is 0.327. The van der Waals surface area contributed by atoms with E-state index in [1.807, 2.05) is 48.7 Å². The SMILES string of the molecule is NC1=N[C@@]2(CCO1)c1cc(-c3cccnc3)ccc1Oc1c(F)cc(C3=CCOCC3)cc12. The molecule has 3 aliphatic heterocycles. The van der Waals surface area contributed by atoms with E-state index in [4.69, 9.17) is 24.9 Å². The van der Waals surface area contributed by atoms with Crippen molar-refractivity contribution in [1.29, 1.82) is 0 Å². The number of amidine groups is 1. The molecule has 2 N–H and O–H groups in total. The van der Waals surface area contributed by atoms with Gasteiger partial charge in [-0.3, -0.25) is 4.98 Å². The standard InChI is InChI=1S/C26H22FN3O3/c27-22-14-19(16-5-9-31-10-6-16)13-21-24(22)33-23-4-3-17(18-2-1-8-29-15-18)12-20(23)26(21)7-11-32-25(28)30-26/h1-5,8,12-15H,6-7,9-11H2,(H2,28,30)/t26-/m0/s1. The summed E-state index contributed by atoms with van der Waals surface area (Å²) in [5.41, 5.74) is 10.5. The largest absolute Gasteiger partial charge is 0.465 e. The van der Waals surface area contributed by atoms with Crippen LogP contribution in [0, 0.1) is 5.82 Å². The fourth-order valence-corrected chi connectivity index (χ4v) is 4.86. The maximum Gasteiger partial charge on any atom is 0.283 e. The molecule has 3 aromatic rings. The van der Waals surface area contributed by atoms with Crippen LogP contribution in [0.1, 0.15) is 29.5 Å². The highest BCUT2D eigenvalue weighted by molar-refractivity contribution is 5.77. The Bertz CT molecular complexity index is 1310. The van der Waals surface area contributed by atoms with Crippen LogP contribution in [0.3, 0.4) is 0 Å². The number of rotatable bonds is 2. The van der Waals surface area contributed by atoms with E-state index in [0.29, 0.717) is 37.6 Å². The second-order valence-electron chi connectivity index (χ2n) is 8.35. The van der Waals surface area contributed by atoms with Crippen molar-refractivity contribution in [3.8, 4) is 22.6 Å². The second-order valence-corrected chi connectivity index (χ2v) is 8.35. The third-order valence-corrected chi connectivity index (χ3v) is 6.47. The van der Waals surface area contributed by atoms with Crippen molar-refractivity contribution in [2.75, 3.05) is 19.8 Å². The minimum Gasteiger partial charge on any atom is -0.465 e. The highest BCUT2D eigenvalue weighted by Crippen LogP contribution is 2.54. The van der Waals surface area contributed by atoms with Crippen LogP contribution in [0.5, 0.6) is 11.5 Å². The maximum absolute atomic E-state index is 15.5. The molecule has 1 aromatic heterocycles. The van der Waals surface area contributed by atoms with Gasteiger partial charge in [0.1, 0.15) is 11.3 Å². The number of hydrogen-bond acceptors (Lipinski definition) is 6. The van der Waals surface area contributed by atoms with E-state index < -0.39 is 11.4 Å². The van der Waals surface area contributed by atoms with Crippen molar-refractivity contribution in [2.24, 2.45) is 10.7 Å². The molecule has 0 bridgehead atoms. The lowest BCUT2D eigenvalue weighted by molar-refractivity contribution is 0.161. The molecule has 4 heterocycles. The molecule has 0 saturated carbocycles. The average molecular weight is 443 g/mol. The van der Waals surface area contributed by atoms with Gasteiger partial charge in [-0.2, -0.15) is 0 Å². The number of hydrogen-bond donors (Lipinski definition) is 1. The Labute approximate surface area is 190 Å². The van der Waals surface area contributed by atoms with E-state index in [-0.39, 0.29) is 11.8 Å². The Kier molecular flexibility index (Phi) is 4.66. The Morgan fingerprint density at radius 2 is 1.91 bits per heavy atom. The summed E-state index contributed by atoms with van der Waals surface area (Å²) in [6.07, 6.45) is 6.78. The minimum absolute atomic E-state index is 0.0860. The third-order valence-electron chi connectivity index (χ3n) is 6.47. The maximum atomic E-state index is 15.5. The monoisotopic (exact) mass is 443 g/mol. The predicted octanol–water partition coefficient (Wildman–Crippen LogP) is 4.78. The average Bonchev–Trinajstić information content (AvgIpc) is 2.86. The van der Waals surface area contributed by atoms with Crippen molar-refractivity contribution < 1.29 is 18.6 Å². The normalized spacial score (nSPS) is 21.2. The number of aromatic nitrogens is 1. The van der Waals surface area contributed by atoms with E-state index in [9.17, 15) is 0 Å². The molecule has 166 valence electrons. The van der Waals surface area contributed by atoms with Crippen molar-refractivity contribution in [3.63, 3.8) is 0 Å². The van der Waals surface area contributed by atoms with Crippen molar-refractivity contribution in [2.45, 2.75) is 18.4 Å².